The fourth-order valence-corrected chi connectivity index (χ4v) is 0.859. The molecule has 0 aliphatic rings. The van der Waals surface area contributed by atoms with Gasteiger partial charge in [0.05, 0.1) is 5.92 Å². The van der Waals surface area contributed by atoms with Crippen molar-refractivity contribution in [2.45, 2.75) is 6.92 Å². The maximum Gasteiger partial charge on any atom is 0.309 e. The number of carbonyl (C=O) groups is 1. The number of hydrogen-bond acceptors (Lipinski definition) is 2. The van der Waals surface area contributed by atoms with E-state index in [1.54, 1.807) is 0 Å². The number of carboxylic acid groups (broad SMARTS) is 1. The summed E-state index contributed by atoms with van der Waals surface area (Å²) in [6, 6.07) is 3.05. The van der Waals surface area contributed by atoms with Crippen molar-refractivity contribution in [1.82, 2.24) is 0 Å². The molecule has 0 fully saturated rings. The molecular formula is C10H10F2O3. The fourth-order valence-electron chi connectivity index (χ4n) is 0.859. The van der Waals surface area contributed by atoms with Crippen LogP contribution in [-0.2, 0) is 4.79 Å². The van der Waals surface area contributed by atoms with E-state index in [-0.39, 0.29) is 12.4 Å². The molecule has 5 heteroatoms. The van der Waals surface area contributed by atoms with E-state index in [0.717, 1.165) is 12.1 Å². The highest BCUT2D eigenvalue weighted by Crippen LogP contribution is 2.16. The van der Waals surface area contributed by atoms with Gasteiger partial charge >= 0.3 is 5.97 Å². The van der Waals surface area contributed by atoms with Gasteiger partial charge in [-0.3, -0.25) is 4.79 Å². The molecule has 0 amide bonds. The van der Waals surface area contributed by atoms with Crippen molar-refractivity contribution < 1.29 is 23.4 Å². The Morgan fingerprint density at radius 2 is 2.13 bits per heavy atom. The van der Waals surface area contributed by atoms with E-state index in [9.17, 15) is 13.6 Å². The first-order valence-electron chi connectivity index (χ1n) is 4.31. The van der Waals surface area contributed by atoms with Crippen molar-refractivity contribution in [3.05, 3.63) is 29.8 Å². The van der Waals surface area contributed by atoms with Crippen LogP contribution in [0.25, 0.3) is 0 Å². The van der Waals surface area contributed by atoms with Gasteiger partial charge < -0.3 is 9.84 Å². The molecule has 3 nitrogen and oxygen atoms in total. The third kappa shape index (κ3) is 3.19. The first-order chi connectivity index (χ1) is 7.00. The Morgan fingerprint density at radius 3 is 2.67 bits per heavy atom. The highest BCUT2D eigenvalue weighted by molar-refractivity contribution is 5.69. The zero-order valence-electron chi connectivity index (χ0n) is 8.04. The van der Waals surface area contributed by atoms with Crippen LogP contribution in [0.5, 0.6) is 5.75 Å². The van der Waals surface area contributed by atoms with Gasteiger partial charge in [-0.1, -0.05) is 0 Å². The molecule has 1 rings (SSSR count). The van der Waals surface area contributed by atoms with Gasteiger partial charge in [0.15, 0.2) is 11.6 Å². The van der Waals surface area contributed by atoms with Gasteiger partial charge in [0.1, 0.15) is 12.4 Å². The van der Waals surface area contributed by atoms with Crippen LogP contribution in [0.15, 0.2) is 18.2 Å². The van der Waals surface area contributed by atoms with Crippen LogP contribution >= 0.6 is 0 Å². The minimum atomic E-state index is -1.02. The Balaban J connectivity index is 2.58. The van der Waals surface area contributed by atoms with E-state index >= 15 is 0 Å². The highest BCUT2D eigenvalue weighted by Gasteiger charge is 2.12. The fraction of sp³-hybridized carbons (Fsp3) is 0.300. The molecule has 0 aliphatic heterocycles. The summed E-state index contributed by atoms with van der Waals surface area (Å²) >= 11 is 0. The molecule has 15 heavy (non-hydrogen) atoms. The molecule has 82 valence electrons. The summed E-state index contributed by atoms with van der Waals surface area (Å²) in [4.78, 5) is 10.4. The van der Waals surface area contributed by atoms with Crippen molar-refractivity contribution in [3.63, 3.8) is 0 Å². The van der Waals surface area contributed by atoms with Crippen molar-refractivity contribution in [1.29, 1.82) is 0 Å². The molecule has 0 radical (unpaired) electrons. The zero-order valence-corrected chi connectivity index (χ0v) is 8.04. The number of hydrogen-bond donors (Lipinski definition) is 1. The predicted octanol–water partition coefficient (Wildman–Crippen LogP) is 2.06. The third-order valence-corrected chi connectivity index (χ3v) is 1.81. The summed E-state index contributed by atoms with van der Waals surface area (Å²) in [6.45, 7) is 1.38. The van der Waals surface area contributed by atoms with Gasteiger partial charge in [-0.25, -0.2) is 8.78 Å². The zero-order chi connectivity index (χ0) is 11.4. The molecule has 0 aromatic heterocycles. The van der Waals surface area contributed by atoms with E-state index in [1.165, 1.54) is 13.0 Å². The van der Waals surface area contributed by atoms with Gasteiger partial charge in [0, 0.05) is 6.07 Å². The van der Waals surface area contributed by atoms with Crippen LogP contribution in [0.1, 0.15) is 6.92 Å². The summed E-state index contributed by atoms with van der Waals surface area (Å²) in [5, 5.41) is 8.54. The van der Waals surface area contributed by atoms with Gasteiger partial charge in [0.25, 0.3) is 0 Å². The van der Waals surface area contributed by atoms with Crippen LogP contribution < -0.4 is 4.74 Å². The molecule has 1 N–H and O–H groups in total. The first kappa shape index (κ1) is 11.4. The smallest absolute Gasteiger partial charge is 0.309 e. The standard InChI is InChI=1S/C10H10F2O3/c1-6(10(13)14)5-15-7-2-3-8(11)9(12)4-7/h2-4,6H,5H2,1H3,(H,13,14). The van der Waals surface area contributed by atoms with Gasteiger partial charge in [-0.2, -0.15) is 0 Å². The van der Waals surface area contributed by atoms with Gasteiger partial charge in [-0.15, -0.1) is 0 Å². The summed E-state index contributed by atoms with van der Waals surface area (Å²) < 4.78 is 30.2. The van der Waals surface area contributed by atoms with Crippen molar-refractivity contribution >= 4 is 5.97 Å². The first-order valence-corrected chi connectivity index (χ1v) is 4.31. The van der Waals surface area contributed by atoms with E-state index in [0.29, 0.717) is 0 Å². The second kappa shape index (κ2) is 4.72. The molecule has 1 atom stereocenters. The molecule has 0 aliphatic carbocycles. The Morgan fingerprint density at radius 1 is 1.47 bits per heavy atom. The van der Waals surface area contributed by atoms with Crippen LogP contribution in [0.4, 0.5) is 8.78 Å². The molecule has 0 heterocycles. The van der Waals surface area contributed by atoms with Crippen molar-refractivity contribution in [3.8, 4) is 5.75 Å². The van der Waals surface area contributed by atoms with Crippen molar-refractivity contribution in [2.75, 3.05) is 6.61 Å². The maximum atomic E-state index is 12.7. The van der Waals surface area contributed by atoms with Crippen LogP contribution in [-0.4, -0.2) is 17.7 Å². The maximum absolute atomic E-state index is 12.7. The third-order valence-electron chi connectivity index (χ3n) is 1.81. The van der Waals surface area contributed by atoms with Gasteiger partial charge in [-0.05, 0) is 19.1 Å². The van der Waals surface area contributed by atoms with Crippen molar-refractivity contribution in [2.24, 2.45) is 5.92 Å². The molecule has 0 saturated carbocycles. The average Bonchev–Trinajstić information content (AvgIpc) is 2.19. The number of halogens is 2. The normalized spacial score (nSPS) is 12.2. The highest BCUT2D eigenvalue weighted by atomic mass is 19.2. The van der Waals surface area contributed by atoms with E-state index < -0.39 is 23.5 Å². The van der Waals surface area contributed by atoms with Crippen LogP contribution in [0, 0.1) is 17.6 Å². The van der Waals surface area contributed by atoms with Crippen LogP contribution in [0.3, 0.4) is 0 Å². The molecule has 1 aromatic carbocycles. The lowest BCUT2D eigenvalue weighted by Gasteiger charge is -2.09. The van der Waals surface area contributed by atoms with E-state index in [2.05, 4.69) is 0 Å². The Bertz CT molecular complexity index is 366. The number of aliphatic carboxylic acids is 1. The minimum Gasteiger partial charge on any atom is -0.493 e. The Hall–Kier alpha value is -1.65. The van der Waals surface area contributed by atoms with E-state index in [1.807, 2.05) is 0 Å². The number of carboxylic acids is 1. The summed E-state index contributed by atoms with van der Waals surface area (Å²) in [6.07, 6.45) is 0. The summed E-state index contributed by atoms with van der Waals surface area (Å²) in [7, 11) is 0. The molecular weight excluding hydrogens is 206 g/mol. The summed E-state index contributed by atoms with van der Waals surface area (Å²) in [5.41, 5.74) is 0. The van der Waals surface area contributed by atoms with Gasteiger partial charge in [0.2, 0.25) is 0 Å². The molecule has 0 spiro atoms. The lowest BCUT2D eigenvalue weighted by Crippen LogP contribution is -2.17. The number of rotatable bonds is 4. The Labute approximate surface area is 85.3 Å². The lowest BCUT2D eigenvalue weighted by molar-refractivity contribution is -0.142. The monoisotopic (exact) mass is 216 g/mol. The quantitative estimate of drug-likeness (QED) is 0.837. The lowest BCUT2D eigenvalue weighted by atomic mass is 10.2. The molecule has 1 unspecified atom stereocenters. The molecule has 0 bridgehead atoms. The van der Waals surface area contributed by atoms with E-state index in [4.69, 9.17) is 9.84 Å². The SMILES string of the molecule is CC(COc1ccc(F)c(F)c1)C(=O)O. The number of ether oxygens (including phenoxy) is 1. The second-order valence-electron chi connectivity index (χ2n) is 3.13. The second-order valence-corrected chi connectivity index (χ2v) is 3.13. The summed E-state index contributed by atoms with van der Waals surface area (Å²) in [5.74, 6) is -3.57. The molecule has 0 saturated heterocycles. The topological polar surface area (TPSA) is 46.5 Å². The Kier molecular flexibility index (Phi) is 3.60. The van der Waals surface area contributed by atoms with Crippen LogP contribution in [0.2, 0.25) is 0 Å². The number of benzene rings is 1. The minimum absolute atomic E-state index is 0.0829. The average molecular weight is 216 g/mol. The molecule has 1 aromatic rings. The predicted molar refractivity (Wildman–Crippen MR) is 48.7 cm³/mol. The largest absolute Gasteiger partial charge is 0.493 e.